The number of carboxylic acid groups (broad SMARTS) is 3. The van der Waals surface area contributed by atoms with Crippen LogP contribution >= 0.6 is 0 Å². The van der Waals surface area contributed by atoms with Crippen molar-refractivity contribution in [2.45, 2.75) is 0 Å². The Kier molecular flexibility index (Phi) is 17.6. The third-order valence-electron chi connectivity index (χ3n) is 6.31. The zero-order valence-electron chi connectivity index (χ0n) is 28.1. The number of carboxylic acids is 3. The van der Waals surface area contributed by atoms with Crippen molar-refractivity contribution in [1.82, 2.24) is 5.43 Å². The van der Waals surface area contributed by atoms with E-state index in [-0.39, 0.29) is 18.0 Å². The number of hydrazine groups is 1. The summed E-state index contributed by atoms with van der Waals surface area (Å²) in [4.78, 5) is 30.5. The van der Waals surface area contributed by atoms with Crippen molar-refractivity contribution in [3.63, 3.8) is 0 Å². The van der Waals surface area contributed by atoms with Crippen LogP contribution in [0.4, 0.5) is 43.9 Å². The van der Waals surface area contributed by atoms with E-state index in [4.69, 9.17) is 15.9 Å². The number of carbonyl (C=O) groups excluding carboxylic acids is 1. The molecule has 298 valence electrons. The number of nitrogens with zero attached hydrogens (tertiary/aromatic N) is 2. The SMILES string of the molecule is N/C(=N\N=C\c1c(F)c(F)c(F)c(F)c1F)N/[NH+]=C/c1c(F)c(F)c(F)c(F)c1F.O=C(O)c1ccccc1.O=C(O)c1ccccc1.O=C([O-])c1ccccc1. The fraction of sp³-hybridized carbons (Fsp3) is 0. The highest BCUT2D eigenvalue weighted by atomic mass is 19.2. The molecular weight excluding hydrogens is 788 g/mol. The normalized spacial score (nSPS) is 10.7. The summed E-state index contributed by atoms with van der Waals surface area (Å²) >= 11 is 0. The van der Waals surface area contributed by atoms with E-state index in [0.717, 1.165) is 0 Å². The van der Waals surface area contributed by atoms with Gasteiger partial charge in [-0.2, -0.15) is 5.10 Å². The van der Waals surface area contributed by atoms with Crippen LogP contribution in [0, 0.1) is 58.2 Å². The number of hydrogen-bond acceptors (Lipinski definition) is 6. The highest BCUT2D eigenvalue weighted by Gasteiger charge is 2.26. The first-order valence-corrected chi connectivity index (χ1v) is 15.0. The van der Waals surface area contributed by atoms with Gasteiger partial charge in [-0.05, 0) is 29.8 Å². The second-order valence-corrected chi connectivity index (χ2v) is 10.1. The molecule has 0 heterocycles. The summed E-state index contributed by atoms with van der Waals surface area (Å²) < 4.78 is 132. The lowest BCUT2D eigenvalue weighted by Gasteiger charge is -2.03. The lowest BCUT2D eigenvalue weighted by molar-refractivity contribution is -0.500. The molecule has 0 radical (unpaired) electrons. The highest BCUT2D eigenvalue weighted by Crippen LogP contribution is 2.22. The van der Waals surface area contributed by atoms with Gasteiger partial charge in [-0.25, -0.2) is 53.5 Å². The average molecular weight is 812 g/mol. The number of nitrogens with one attached hydrogen (secondary N) is 2. The maximum absolute atomic E-state index is 13.4. The molecule has 0 aliphatic heterocycles. The minimum absolute atomic E-state index is 0.124. The molecule has 0 aliphatic rings. The summed E-state index contributed by atoms with van der Waals surface area (Å²) in [6.45, 7) is 0. The molecule has 0 aromatic heterocycles. The molecule has 0 saturated carbocycles. The van der Waals surface area contributed by atoms with E-state index in [9.17, 15) is 63.4 Å². The Morgan fingerprint density at radius 3 is 1.16 bits per heavy atom. The Balaban J connectivity index is 0.000000331. The Morgan fingerprint density at radius 2 is 0.860 bits per heavy atom. The molecule has 57 heavy (non-hydrogen) atoms. The molecule has 5 aromatic carbocycles. The molecule has 5 aromatic rings. The van der Waals surface area contributed by atoms with Crippen LogP contribution in [-0.2, 0) is 0 Å². The Hall–Kier alpha value is -7.58. The van der Waals surface area contributed by atoms with Crippen LogP contribution in [0.1, 0.15) is 42.2 Å². The summed E-state index contributed by atoms with van der Waals surface area (Å²) in [5.74, 6) is -26.1. The second kappa shape index (κ2) is 22.0. The van der Waals surface area contributed by atoms with Gasteiger partial charge in [0.25, 0.3) is 5.96 Å². The minimum atomic E-state index is -2.39. The average Bonchev–Trinajstić information content (AvgIpc) is 3.22. The standard InChI is InChI=1S/C15H5F10N5.3C7H6O2/c16-5-3(6(17)10(21)13(24)9(5)20)1-27-29-15(26)30-28-2-4-7(18)11(22)14(25)12(23)8(4)19;3*8-7(9)6-4-2-1-3-5-6/h1-2H,(H3,26,29,30);3*1-5H,(H,8,9)/b27-1+,28-2+;;;. The number of hydrogen-bond donors (Lipinski definition) is 5. The van der Waals surface area contributed by atoms with Gasteiger partial charge >= 0.3 is 11.9 Å². The van der Waals surface area contributed by atoms with Crippen molar-refractivity contribution in [1.29, 1.82) is 0 Å². The first-order valence-electron chi connectivity index (χ1n) is 15.0. The fourth-order valence-corrected chi connectivity index (χ4v) is 3.58. The van der Waals surface area contributed by atoms with Crippen LogP contribution in [0.5, 0.6) is 0 Å². The van der Waals surface area contributed by atoms with Gasteiger partial charge in [0.1, 0.15) is 5.56 Å². The van der Waals surface area contributed by atoms with Crippen LogP contribution in [0.3, 0.4) is 0 Å². The highest BCUT2D eigenvalue weighted by molar-refractivity contribution is 5.88. The van der Waals surface area contributed by atoms with E-state index >= 15 is 0 Å². The molecule has 0 unspecified atom stereocenters. The van der Waals surface area contributed by atoms with Crippen LogP contribution in [-0.4, -0.2) is 46.5 Å². The molecule has 0 spiro atoms. The summed E-state index contributed by atoms with van der Waals surface area (Å²) in [5, 5.41) is 34.6. The van der Waals surface area contributed by atoms with Gasteiger partial charge in [0.05, 0.1) is 28.9 Å². The first kappa shape index (κ1) is 45.6. The van der Waals surface area contributed by atoms with Gasteiger partial charge in [-0.15, -0.1) is 15.6 Å². The lowest BCUT2D eigenvalue weighted by atomic mass is 10.2. The molecule has 0 atom stereocenters. The van der Waals surface area contributed by atoms with Gasteiger partial charge in [0, 0.05) is 0 Å². The van der Waals surface area contributed by atoms with Crippen LogP contribution in [0.15, 0.2) is 101 Å². The molecule has 0 saturated heterocycles. The van der Waals surface area contributed by atoms with Crippen molar-refractivity contribution >= 4 is 36.3 Å². The van der Waals surface area contributed by atoms with Crippen molar-refractivity contribution < 1.29 is 78.7 Å². The number of rotatable bonds is 7. The predicted octanol–water partition coefficient (Wildman–Crippen LogP) is 4.25. The number of benzene rings is 5. The number of guanidine groups is 1. The molecule has 0 bridgehead atoms. The van der Waals surface area contributed by atoms with Crippen molar-refractivity contribution in [3.8, 4) is 0 Å². The first-order chi connectivity index (χ1) is 26.9. The summed E-state index contributed by atoms with van der Waals surface area (Å²) in [6, 6.07) is 24.7. The van der Waals surface area contributed by atoms with E-state index in [1.165, 1.54) is 12.1 Å². The Morgan fingerprint density at radius 1 is 0.544 bits per heavy atom. The minimum Gasteiger partial charge on any atom is -0.545 e. The lowest BCUT2D eigenvalue weighted by Crippen LogP contribution is -2.83. The molecule has 21 heteroatoms. The van der Waals surface area contributed by atoms with Gasteiger partial charge in [0.2, 0.25) is 17.8 Å². The fourth-order valence-electron chi connectivity index (χ4n) is 3.58. The number of hydrazone groups is 1. The van der Waals surface area contributed by atoms with E-state index < -0.39 is 93.2 Å². The van der Waals surface area contributed by atoms with Crippen LogP contribution < -0.4 is 21.4 Å². The summed E-state index contributed by atoms with van der Waals surface area (Å²) in [5.41, 5.74) is 5.06. The van der Waals surface area contributed by atoms with E-state index in [2.05, 4.69) is 10.2 Å². The van der Waals surface area contributed by atoms with E-state index in [1.54, 1.807) is 84.0 Å². The molecule has 6 N–H and O–H groups in total. The number of carbonyl (C=O) groups is 3. The zero-order valence-corrected chi connectivity index (χ0v) is 28.1. The van der Waals surface area contributed by atoms with Crippen molar-refractivity contribution in [2.24, 2.45) is 15.9 Å². The van der Waals surface area contributed by atoms with Crippen molar-refractivity contribution in [2.75, 3.05) is 0 Å². The quantitative estimate of drug-likeness (QED) is 0.0403. The third-order valence-corrected chi connectivity index (χ3v) is 6.31. The largest absolute Gasteiger partial charge is 0.545 e. The summed E-state index contributed by atoms with van der Waals surface area (Å²) in [7, 11) is 0. The van der Waals surface area contributed by atoms with E-state index in [0.29, 0.717) is 11.1 Å². The number of nitrogens with two attached hydrogens (primary N) is 1. The maximum Gasteiger partial charge on any atom is 0.335 e. The predicted molar refractivity (Wildman–Crippen MR) is 179 cm³/mol. The molecule has 11 nitrogen and oxygen atoms in total. The smallest absolute Gasteiger partial charge is 0.335 e. The Bertz CT molecular complexity index is 2110. The number of aromatic carboxylic acids is 3. The molecule has 0 amide bonds. The molecule has 0 aliphatic carbocycles. The van der Waals surface area contributed by atoms with E-state index in [1.807, 2.05) is 5.43 Å². The van der Waals surface area contributed by atoms with Gasteiger partial charge in [-0.3, -0.25) is 0 Å². The van der Waals surface area contributed by atoms with Crippen LogP contribution in [0.25, 0.3) is 0 Å². The van der Waals surface area contributed by atoms with Gasteiger partial charge < -0.3 is 25.8 Å². The third kappa shape index (κ3) is 13.3. The van der Waals surface area contributed by atoms with Crippen molar-refractivity contribution in [3.05, 3.63) is 177 Å². The monoisotopic (exact) mass is 811 g/mol. The maximum atomic E-state index is 13.4. The van der Waals surface area contributed by atoms with Gasteiger partial charge in [-0.1, -0.05) is 66.7 Å². The van der Waals surface area contributed by atoms with Crippen LogP contribution in [0.2, 0.25) is 0 Å². The Labute approximate surface area is 313 Å². The molecular formula is C36H23F10N5O6. The van der Waals surface area contributed by atoms with Gasteiger partial charge in [0.15, 0.2) is 46.5 Å². The molecule has 0 fully saturated rings. The topological polar surface area (TPSA) is 191 Å². The number of halogens is 10. The second-order valence-electron chi connectivity index (χ2n) is 10.1. The zero-order chi connectivity index (χ0) is 42.8. The summed E-state index contributed by atoms with van der Waals surface area (Å²) in [6.07, 6.45) is 0.394. The molecule has 5 rings (SSSR count).